The largest absolute Gasteiger partial charge is 0.402 e. The van der Waals surface area contributed by atoms with Gasteiger partial charge in [-0.15, -0.1) is 0 Å². The Kier molecular flexibility index (Phi) is 7.63. The van der Waals surface area contributed by atoms with Gasteiger partial charge in [-0.25, -0.2) is 12.8 Å². The summed E-state index contributed by atoms with van der Waals surface area (Å²) in [5.74, 6) is -2.04. The Bertz CT molecular complexity index is 1070. The van der Waals surface area contributed by atoms with Crippen LogP contribution in [0.2, 0.25) is 0 Å². The van der Waals surface area contributed by atoms with Crippen LogP contribution >= 0.6 is 0 Å². The molecule has 33 heavy (non-hydrogen) atoms. The van der Waals surface area contributed by atoms with Crippen molar-refractivity contribution in [2.45, 2.75) is 31.3 Å². The maximum absolute atomic E-state index is 14.8. The van der Waals surface area contributed by atoms with Crippen molar-refractivity contribution >= 4 is 21.6 Å². The van der Waals surface area contributed by atoms with Gasteiger partial charge in [-0.05, 0) is 30.5 Å². The topological polar surface area (TPSA) is 83.7 Å². The molecule has 1 amide bonds. The van der Waals surface area contributed by atoms with Gasteiger partial charge < -0.3 is 10.6 Å². The molecule has 1 fully saturated rings. The summed E-state index contributed by atoms with van der Waals surface area (Å²) in [5, 5.41) is 0. The normalized spacial score (nSPS) is 15.7. The van der Waals surface area contributed by atoms with Gasteiger partial charge in [0.25, 0.3) is 0 Å². The van der Waals surface area contributed by atoms with Crippen molar-refractivity contribution in [3.05, 3.63) is 65.5 Å². The van der Waals surface area contributed by atoms with Crippen molar-refractivity contribution in [1.29, 1.82) is 0 Å². The van der Waals surface area contributed by atoms with Crippen LogP contribution in [0.25, 0.3) is 0 Å². The molecule has 0 atom stereocenters. The summed E-state index contributed by atoms with van der Waals surface area (Å²) in [6, 6.07) is 11.9. The number of carbonyl (C=O) groups excluding carboxylic acids is 1. The monoisotopic (exact) mass is 487 g/mol. The molecule has 11 heteroatoms. The van der Waals surface area contributed by atoms with Gasteiger partial charge in [-0.3, -0.25) is 4.79 Å². The molecule has 1 heterocycles. The van der Waals surface area contributed by atoms with E-state index in [4.69, 9.17) is 5.73 Å². The Morgan fingerprint density at radius 3 is 2.27 bits per heavy atom. The number of alkyl halides is 3. The molecule has 2 N–H and O–H groups in total. The Balaban J connectivity index is 1.78. The Morgan fingerprint density at radius 2 is 1.73 bits per heavy atom. The van der Waals surface area contributed by atoms with Gasteiger partial charge in [0, 0.05) is 36.8 Å². The number of nitrogens with two attached hydrogens (primary N) is 1. The van der Waals surface area contributed by atoms with Gasteiger partial charge in [0.2, 0.25) is 15.9 Å². The Labute approximate surface area is 190 Å². The highest BCUT2D eigenvalue weighted by atomic mass is 32.2. The minimum Gasteiger partial charge on any atom is -0.371 e. The average Bonchev–Trinajstić information content (AvgIpc) is 2.74. The van der Waals surface area contributed by atoms with Crippen LogP contribution in [0.15, 0.2) is 48.5 Å². The predicted octanol–water partition coefficient (Wildman–Crippen LogP) is 3.42. The highest BCUT2D eigenvalue weighted by Crippen LogP contribution is 2.27. The highest BCUT2D eigenvalue weighted by Gasteiger charge is 2.37. The van der Waals surface area contributed by atoms with Gasteiger partial charge in [0.05, 0.1) is 5.75 Å². The summed E-state index contributed by atoms with van der Waals surface area (Å²) in [5.41, 5.74) is 6.00. The standard InChI is InChI=1S/C22H25F4N3O3S/c23-20-12-19(28-10-8-17(9-11-28)21(27)30)7-6-18(20)13-29(15-22(24,25)26)33(31,32)14-16-4-2-1-3-5-16/h1-7,12,17H,8-11,13-15H2,(H2,27,30). The number of rotatable bonds is 8. The van der Waals surface area contributed by atoms with E-state index >= 15 is 0 Å². The van der Waals surface area contributed by atoms with Crippen LogP contribution in [0, 0.1) is 11.7 Å². The second-order valence-electron chi connectivity index (χ2n) is 8.06. The third kappa shape index (κ3) is 6.91. The highest BCUT2D eigenvalue weighted by molar-refractivity contribution is 7.88. The van der Waals surface area contributed by atoms with Gasteiger partial charge in [-0.1, -0.05) is 36.4 Å². The molecule has 0 bridgehead atoms. The molecule has 2 aromatic carbocycles. The van der Waals surface area contributed by atoms with E-state index in [1.165, 1.54) is 24.3 Å². The van der Waals surface area contributed by atoms with Crippen LogP contribution in [0.4, 0.5) is 23.2 Å². The number of amides is 1. The zero-order chi connectivity index (χ0) is 24.2. The third-order valence-electron chi connectivity index (χ3n) is 5.59. The quantitative estimate of drug-likeness (QED) is 0.579. The molecular formula is C22H25F4N3O3S. The Hall–Kier alpha value is -2.66. The second kappa shape index (κ2) is 10.1. The van der Waals surface area contributed by atoms with Crippen molar-refractivity contribution in [1.82, 2.24) is 4.31 Å². The van der Waals surface area contributed by atoms with Crippen LogP contribution in [-0.4, -0.2) is 44.4 Å². The van der Waals surface area contributed by atoms with E-state index in [-0.39, 0.29) is 21.7 Å². The van der Waals surface area contributed by atoms with Crippen LogP contribution < -0.4 is 10.6 Å². The van der Waals surface area contributed by atoms with E-state index in [1.807, 2.05) is 4.90 Å². The fraction of sp³-hybridized carbons (Fsp3) is 0.409. The number of sulfonamides is 1. The summed E-state index contributed by atoms with van der Waals surface area (Å²) in [4.78, 5) is 13.2. The minimum atomic E-state index is -4.79. The zero-order valence-corrected chi connectivity index (χ0v) is 18.6. The molecule has 0 saturated carbocycles. The minimum absolute atomic E-state index is 0.161. The fourth-order valence-electron chi connectivity index (χ4n) is 3.80. The summed E-state index contributed by atoms with van der Waals surface area (Å²) in [7, 11) is -4.38. The van der Waals surface area contributed by atoms with Crippen molar-refractivity contribution in [2.75, 3.05) is 24.5 Å². The number of nitrogens with zero attached hydrogens (tertiary/aromatic N) is 2. The zero-order valence-electron chi connectivity index (χ0n) is 17.8. The first kappa shape index (κ1) is 25.0. The average molecular weight is 488 g/mol. The van der Waals surface area contributed by atoms with Crippen LogP contribution in [0.3, 0.4) is 0 Å². The van der Waals surface area contributed by atoms with E-state index in [2.05, 4.69) is 0 Å². The van der Waals surface area contributed by atoms with E-state index in [0.717, 1.165) is 0 Å². The second-order valence-corrected chi connectivity index (χ2v) is 10.0. The van der Waals surface area contributed by atoms with Gasteiger partial charge in [0.1, 0.15) is 12.4 Å². The fourth-order valence-corrected chi connectivity index (χ4v) is 5.28. The summed E-state index contributed by atoms with van der Waals surface area (Å²) < 4.78 is 80.0. The van der Waals surface area contributed by atoms with E-state index in [1.54, 1.807) is 24.3 Å². The number of piperidine rings is 1. The number of hydrogen-bond donors (Lipinski definition) is 1. The SMILES string of the molecule is NC(=O)C1CCN(c2ccc(CN(CC(F)(F)F)S(=O)(=O)Cc3ccccc3)c(F)c2)CC1. The molecule has 2 aromatic rings. The molecule has 1 aliphatic heterocycles. The van der Waals surface area contributed by atoms with Crippen LogP contribution in [0.1, 0.15) is 24.0 Å². The van der Waals surface area contributed by atoms with Crippen molar-refractivity contribution in [3.63, 3.8) is 0 Å². The van der Waals surface area contributed by atoms with Crippen LogP contribution in [-0.2, 0) is 27.1 Å². The van der Waals surface area contributed by atoms with Crippen molar-refractivity contribution < 1.29 is 30.8 Å². The molecule has 180 valence electrons. The van der Waals surface area contributed by atoms with Crippen LogP contribution in [0.5, 0.6) is 0 Å². The number of anilines is 1. The lowest BCUT2D eigenvalue weighted by atomic mass is 9.96. The third-order valence-corrected chi connectivity index (χ3v) is 7.33. The lowest BCUT2D eigenvalue weighted by molar-refractivity contribution is -0.137. The lowest BCUT2D eigenvalue weighted by Gasteiger charge is -2.32. The molecule has 0 radical (unpaired) electrons. The summed E-state index contributed by atoms with van der Waals surface area (Å²) in [6.45, 7) is -1.50. The Morgan fingerprint density at radius 1 is 1.09 bits per heavy atom. The van der Waals surface area contributed by atoms with E-state index in [0.29, 0.717) is 37.2 Å². The number of primary amides is 1. The van der Waals surface area contributed by atoms with Gasteiger partial charge in [-0.2, -0.15) is 17.5 Å². The van der Waals surface area contributed by atoms with Gasteiger partial charge in [0.15, 0.2) is 0 Å². The van der Waals surface area contributed by atoms with E-state index in [9.17, 15) is 30.8 Å². The maximum atomic E-state index is 14.8. The number of halogens is 4. The lowest BCUT2D eigenvalue weighted by Crippen LogP contribution is -2.39. The summed E-state index contributed by atoms with van der Waals surface area (Å²) >= 11 is 0. The van der Waals surface area contributed by atoms with Crippen molar-refractivity contribution in [3.8, 4) is 0 Å². The first-order valence-corrected chi connectivity index (χ1v) is 12.0. The predicted molar refractivity (Wildman–Crippen MR) is 116 cm³/mol. The first-order chi connectivity index (χ1) is 15.4. The number of benzene rings is 2. The molecule has 3 rings (SSSR count). The molecule has 0 aliphatic carbocycles. The molecular weight excluding hydrogens is 462 g/mol. The first-order valence-electron chi connectivity index (χ1n) is 10.4. The smallest absolute Gasteiger partial charge is 0.371 e. The molecule has 0 aromatic heterocycles. The van der Waals surface area contributed by atoms with Crippen molar-refractivity contribution in [2.24, 2.45) is 11.7 Å². The molecule has 6 nitrogen and oxygen atoms in total. The maximum Gasteiger partial charge on any atom is 0.402 e. The molecule has 0 unspecified atom stereocenters. The van der Waals surface area contributed by atoms with E-state index < -0.39 is 40.9 Å². The van der Waals surface area contributed by atoms with Gasteiger partial charge >= 0.3 is 6.18 Å². The summed E-state index contributed by atoms with van der Waals surface area (Å²) in [6.07, 6.45) is -3.74. The number of carbonyl (C=O) groups is 1. The molecule has 1 aliphatic rings. The number of hydrogen-bond acceptors (Lipinski definition) is 4. The molecule has 1 saturated heterocycles. The molecule has 0 spiro atoms.